The van der Waals surface area contributed by atoms with Gasteiger partial charge in [0.15, 0.2) is 5.13 Å². The first kappa shape index (κ1) is 28.3. The van der Waals surface area contributed by atoms with Gasteiger partial charge in [0, 0.05) is 42.5 Å². The molecule has 0 saturated carbocycles. The van der Waals surface area contributed by atoms with Gasteiger partial charge in [-0.2, -0.15) is 0 Å². The molecule has 0 spiro atoms. The Morgan fingerprint density at radius 3 is 2.65 bits per heavy atom. The fourth-order valence-corrected chi connectivity index (χ4v) is 6.60. The summed E-state index contributed by atoms with van der Waals surface area (Å²) in [6.45, 7) is 9.19. The van der Waals surface area contributed by atoms with E-state index in [-0.39, 0.29) is 29.2 Å². The van der Waals surface area contributed by atoms with Gasteiger partial charge in [0.25, 0.3) is 0 Å². The minimum absolute atomic E-state index is 0.0299. The fraction of sp³-hybridized carbons (Fsp3) is 0.469. The number of carbonyl (C=O) groups excluding carboxylic acids is 2. The molecule has 1 fully saturated rings. The van der Waals surface area contributed by atoms with E-state index in [9.17, 15) is 9.59 Å². The normalized spacial score (nSPS) is 19.2. The molecule has 5 rings (SSSR count). The molecule has 2 aliphatic rings. The van der Waals surface area contributed by atoms with Crippen LogP contribution < -0.4 is 15.4 Å². The van der Waals surface area contributed by atoms with Crippen molar-refractivity contribution in [3.8, 4) is 5.75 Å². The van der Waals surface area contributed by atoms with E-state index in [1.54, 1.807) is 0 Å². The summed E-state index contributed by atoms with van der Waals surface area (Å²) in [5.74, 6) is 0.673. The fourth-order valence-electron chi connectivity index (χ4n) is 5.52. The maximum Gasteiger partial charge on any atom is 0.229 e. The van der Waals surface area contributed by atoms with Gasteiger partial charge in [-0.3, -0.25) is 14.5 Å². The molecular formula is C32H40N4O3S. The van der Waals surface area contributed by atoms with Crippen molar-refractivity contribution in [2.45, 2.75) is 78.0 Å². The van der Waals surface area contributed by atoms with Gasteiger partial charge in [0.1, 0.15) is 12.4 Å². The molecular weight excluding hydrogens is 520 g/mol. The van der Waals surface area contributed by atoms with Crippen LogP contribution in [0.25, 0.3) is 0 Å². The Kier molecular flexibility index (Phi) is 8.86. The number of para-hydroxylation sites is 1. The molecule has 40 heavy (non-hydrogen) atoms. The summed E-state index contributed by atoms with van der Waals surface area (Å²) in [7, 11) is 0. The first-order chi connectivity index (χ1) is 19.2. The number of aryl methyl sites for hydroxylation is 1. The minimum atomic E-state index is -0.255. The van der Waals surface area contributed by atoms with Gasteiger partial charge in [-0.15, -0.1) is 11.3 Å². The van der Waals surface area contributed by atoms with Gasteiger partial charge >= 0.3 is 0 Å². The standard InChI is InChI=1S/C32H40N4O3S/c1-32(2,3)18-28(37)34-31-35-29-25(13-9-15-27(29)40-31)30(38)33-24-16-17-36(20-24)19-23-12-7-8-14-26(23)39-21-22-10-5-4-6-11-22/h4-8,10-12,14,24-25H,9,13,15-21H2,1-3H3,(H,33,38)(H,34,35,37). The molecule has 212 valence electrons. The second-order valence-electron chi connectivity index (χ2n) is 12.2. The number of amides is 2. The maximum atomic E-state index is 13.4. The van der Waals surface area contributed by atoms with Gasteiger partial charge in [0.05, 0.1) is 11.6 Å². The molecule has 2 heterocycles. The third-order valence-electron chi connectivity index (χ3n) is 7.43. The lowest BCUT2D eigenvalue weighted by molar-refractivity contribution is -0.123. The van der Waals surface area contributed by atoms with Crippen LogP contribution in [-0.2, 0) is 29.2 Å². The summed E-state index contributed by atoms with van der Waals surface area (Å²) in [4.78, 5) is 34.1. The molecule has 3 aromatic rings. The van der Waals surface area contributed by atoms with Crippen LogP contribution in [0.2, 0.25) is 0 Å². The Hall–Kier alpha value is -3.23. The average molecular weight is 561 g/mol. The first-order valence-electron chi connectivity index (χ1n) is 14.3. The lowest BCUT2D eigenvalue weighted by Crippen LogP contribution is -2.40. The summed E-state index contributed by atoms with van der Waals surface area (Å²) in [5.41, 5.74) is 3.06. The number of rotatable bonds is 9. The number of aromatic nitrogens is 1. The van der Waals surface area contributed by atoms with Crippen molar-refractivity contribution in [1.29, 1.82) is 0 Å². The number of fused-ring (bicyclic) bond motifs is 1. The molecule has 8 heteroatoms. The van der Waals surface area contributed by atoms with Crippen molar-refractivity contribution < 1.29 is 14.3 Å². The largest absolute Gasteiger partial charge is 0.489 e. The molecule has 7 nitrogen and oxygen atoms in total. The smallest absolute Gasteiger partial charge is 0.229 e. The third kappa shape index (κ3) is 7.49. The van der Waals surface area contributed by atoms with E-state index in [2.05, 4.69) is 33.7 Å². The molecule has 2 N–H and O–H groups in total. The summed E-state index contributed by atoms with van der Waals surface area (Å²) in [6, 6.07) is 18.5. The van der Waals surface area contributed by atoms with E-state index < -0.39 is 0 Å². The zero-order valence-electron chi connectivity index (χ0n) is 23.7. The summed E-state index contributed by atoms with van der Waals surface area (Å²) >= 11 is 1.52. The number of ether oxygens (including phenoxy) is 1. The Morgan fingerprint density at radius 2 is 1.85 bits per heavy atom. The summed E-state index contributed by atoms with van der Waals surface area (Å²) < 4.78 is 6.16. The highest BCUT2D eigenvalue weighted by molar-refractivity contribution is 7.15. The highest BCUT2D eigenvalue weighted by Gasteiger charge is 2.33. The number of hydrogen-bond acceptors (Lipinski definition) is 6. The van der Waals surface area contributed by atoms with Crippen molar-refractivity contribution in [1.82, 2.24) is 15.2 Å². The Morgan fingerprint density at radius 1 is 1.07 bits per heavy atom. The predicted octanol–water partition coefficient (Wildman–Crippen LogP) is 5.91. The number of likely N-dealkylation sites (tertiary alicyclic amines) is 1. The van der Waals surface area contributed by atoms with E-state index in [1.807, 2.05) is 57.2 Å². The van der Waals surface area contributed by atoms with Crippen molar-refractivity contribution >= 4 is 28.3 Å². The number of nitrogens with one attached hydrogen (secondary N) is 2. The van der Waals surface area contributed by atoms with Crippen molar-refractivity contribution in [3.63, 3.8) is 0 Å². The molecule has 0 bridgehead atoms. The monoisotopic (exact) mass is 560 g/mol. The van der Waals surface area contributed by atoms with Gasteiger partial charge in [-0.25, -0.2) is 4.98 Å². The Balaban J connectivity index is 1.15. The lowest BCUT2D eigenvalue weighted by Gasteiger charge is -2.23. The molecule has 1 aliphatic heterocycles. The molecule has 1 saturated heterocycles. The number of thiazole rings is 1. The van der Waals surface area contributed by atoms with Crippen LogP contribution in [0.1, 0.15) is 74.1 Å². The third-order valence-corrected chi connectivity index (χ3v) is 8.48. The quantitative estimate of drug-likeness (QED) is 0.340. The number of benzene rings is 2. The number of carbonyl (C=O) groups is 2. The SMILES string of the molecule is CC(C)(C)CC(=O)Nc1nc2c(s1)CCCC2C(=O)NC1CCN(Cc2ccccc2OCc2ccccc2)C1. The molecule has 1 aromatic heterocycles. The first-order valence-corrected chi connectivity index (χ1v) is 15.1. The topological polar surface area (TPSA) is 83.6 Å². The predicted molar refractivity (Wildman–Crippen MR) is 160 cm³/mol. The van der Waals surface area contributed by atoms with Crippen molar-refractivity contribution in [3.05, 3.63) is 76.3 Å². The number of anilines is 1. The zero-order valence-corrected chi connectivity index (χ0v) is 24.6. The molecule has 2 amide bonds. The lowest BCUT2D eigenvalue weighted by atomic mass is 9.90. The highest BCUT2D eigenvalue weighted by Crippen LogP contribution is 2.37. The summed E-state index contributed by atoms with van der Waals surface area (Å²) in [5, 5.41) is 6.88. The maximum absolute atomic E-state index is 13.4. The second-order valence-corrected chi connectivity index (χ2v) is 13.3. The van der Waals surface area contributed by atoms with Gasteiger partial charge in [-0.05, 0) is 42.7 Å². The van der Waals surface area contributed by atoms with Crippen molar-refractivity contribution in [2.24, 2.45) is 5.41 Å². The van der Waals surface area contributed by atoms with Crippen LogP contribution in [0.3, 0.4) is 0 Å². The zero-order chi connectivity index (χ0) is 28.1. The van der Waals surface area contributed by atoms with E-state index >= 15 is 0 Å². The second kappa shape index (κ2) is 12.5. The minimum Gasteiger partial charge on any atom is -0.489 e. The summed E-state index contributed by atoms with van der Waals surface area (Å²) in [6.07, 6.45) is 4.01. The van der Waals surface area contributed by atoms with Gasteiger partial charge in [0.2, 0.25) is 11.8 Å². The number of nitrogens with zero attached hydrogens (tertiary/aromatic N) is 2. The van der Waals surface area contributed by atoms with Crippen LogP contribution in [0, 0.1) is 5.41 Å². The van der Waals surface area contributed by atoms with Crippen LogP contribution in [0.5, 0.6) is 5.75 Å². The highest BCUT2D eigenvalue weighted by atomic mass is 32.1. The van der Waals surface area contributed by atoms with Crippen LogP contribution in [0.4, 0.5) is 5.13 Å². The van der Waals surface area contributed by atoms with E-state index in [1.165, 1.54) is 11.3 Å². The van der Waals surface area contributed by atoms with Gasteiger partial charge in [-0.1, -0.05) is 69.3 Å². The average Bonchev–Trinajstić information content (AvgIpc) is 3.53. The number of hydrogen-bond donors (Lipinski definition) is 2. The van der Waals surface area contributed by atoms with Crippen LogP contribution in [0.15, 0.2) is 54.6 Å². The van der Waals surface area contributed by atoms with Crippen molar-refractivity contribution in [2.75, 3.05) is 18.4 Å². The van der Waals surface area contributed by atoms with E-state index in [4.69, 9.17) is 9.72 Å². The molecule has 2 atom stereocenters. The van der Waals surface area contributed by atoms with E-state index in [0.717, 1.165) is 72.8 Å². The molecule has 2 aromatic carbocycles. The Labute approximate surface area is 241 Å². The molecule has 2 unspecified atom stereocenters. The Bertz CT molecular complexity index is 1320. The van der Waals surface area contributed by atoms with Crippen LogP contribution in [-0.4, -0.2) is 40.8 Å². The van der Waals surface area contributed by atoms with Crippen LogP contribution >= 0.6 is 11.3 Å². The molecule has 0 radical (unpaired) electrons. The van der Waals surface area contributed by atoms with E-state index in [0.29, 0.717) is 18.2 Å². The molecule has 1 aliphatic carbocycles. The van der Waals surface area contributed by atoms with Gasteiger partial charge < -0.3 is 15.4 Å².